The van der Waals surface area contributed by atoms with Crippen molar-refractivity contribution < 1.29 is 43.2 Å². The standard InChI is InChI=1S/C37H58N4O9/c1-12-28-37(8)31(41(35(45)50-37)39-20-26-14-13-15-38-19-26)25(6)29(42)23(4)18-36(7,46-11)32(21(2)16-22(3)33(44)48-28)49-34-30(43)27(40(9)10)17-24(5)47-34/h13-16,19,21,23-25,27-28,30-32,34,39,43H,12,17-18,20H2,1-11H3/b22-16+/t21-,23+,24+,25-,27-,28?,30+,31+,32+,34-,36+,37+/m0/s1. The van der Waals surface area contributed by atoms with E-state index in [0.29, 0.717) is 18.4 Å². The summed E-state index contributed by atoms with van der Waals surface area (Å²) >= 11 is 0. The van der Waals surface area contributed by atoms with Gasteiger partial charge in [-0.3, -0.25) is 9.78 Å². The lowest BCUT2D eigenvalue weighted by molar-refractivity contribution is -0.294. The number of rotatable bonds is 8. The first kappa shape index (κ1) is 39.8. The van der Waals surface area contributed by atoms with Crippen molar-refractivity contribution in [2.75, 3.05) is 21.2 Å². The van der Waals surface area contributed by atoms with E-state index < -0.39 is 71.7 Å². The van der Waals surface area contributed by atoms with Crippen molar-refractivity contribution in [1.82, 2.24) is 20.3 Å². The third-order valence-electron chi connectivity index (χ3n) is 10.9. The van der Waals surface area contributed by atoms with Gasteiger partial charge in [-0.05, 0) is 72.7 Å². The number of carbonyl (C=O) groups is 3. The number of hydrogen-bond donors (Lipinski definition) is 2. The van der Waals surface area contributed by atoms with E-state index in [1.54, 1.807) is 52.4 Å². The molecule has 4 heterocycles. The van der Waals surface area contributed by atoms with Gasteiger partial charge in [0.2, 0.25) is 0 Å². The Hall–Kier alpha value is -2.94. The molecule has 0 radical (unpaired) electrons. The number of Topliss-reactive ketones (excluding diaryl/α,β-unsaturated/α-hetero) is 1. The Kier molecular flexibility index (Phi) is 12.9. The minimum atomic E-state index is -1.36. The number of amides is 1. The minimum Gasteiger partial charge on any atom is -0.455 e. The normalized spacial score (nSPS) is 40.1. The Morgan fingerprint density at radius 1 is 1.16 bits per heavy atom. The van der Waals surface area contributed by atoms with Gasteiger partial charge in [0, 0.05) is 55.4 Å². The van der Waals surface area contributed by atoms with E-state index in [0.717, 1.165) is 5.56 Å². The molecule has 0 spiro atoms. The number of pyridine rings is 1. The lowest BCUT2D eigenvalue weighted by atomic mass is 9.74. The molecule has 50 heavy (non-hydrogen) atoms. The fraction of sp³-hybridized carbons (Fsp3) is 0.730. The van der Waals surface area contributed by atoms with Gasteiger partial charge in [0.15, 0.2) is 11.9 Å². The molecular weight excluding hydrogens is 644 g/mol. The Morgan fingerprint density at radius 2 is 1.86 bits per heavy atom. The molecule has 13 nitrogen and oxygen atoms in total. The number of hydrazine groups is 1. The van der Waals surface area contributed by atoms with Crippen LogP contribution in [0.25, 0.3) is 0 Å². The number of aromatic nitrogens is 1. The summed E-state index contributed by atoms with van der Waals surface area (Å²) in [7, 11) is 5.38. The second kappa shape index (κ2) is 16.2. The molecule has 1 amide bonds. The molecule has 12 atom stereocenters. The van der Waals surface area contributed by atoms with Crippen LogP contribution in [0.15, 0.2) is 36.2 Å². The number of methoxy groups -OCH3 is 1. The van der Waals surface area contributed by atoms with Gasteiger partial charge in [-0.1, -0.05) is 39.8 Å². The predicted molar refractivity (Wildman–Crippen MR) is 185 cm³/mol. The number of aliphatic hydroxyl groups is 1. The van der Waals surface area contributed by atoms with Crippen molar-refractivity contribution in [1.29, 1.82) is 0 Å². The van der Waals surface area contributed by atoms with Crippen LogP contribution in [-0.2, 0) is 39.8 Å². The lowest BCUT2D eigenvalue weighted by Gasteiger charge is -2.46. The largest absolute Gasteiger partial charge is 0.455 e. The fourth-order valence-corrected chi connectivity index (χ4v) is 8.12. The zero-order valence-electron chi connectivity index (χ0n) is 31.5. The predicted octanol–water partition coefficient (Wildman–Crippen LogP) is 4.03. The number of nitrogens with one attached hydrogen (secondary N) is 1. The van der Waals surface area contributed by atoms with E-state index in [4.69, 9.17) is 23.7 Å². The van der Waals surface area contributed by atoms with Crippen molar-refractivity contribution in [3.05, 3.63) is 41.7 Å². The molecule has 1 unspecified atom stereocenters. The highest BCUT2D eigenvalue weighted by Gasteiger charge is 2.60. The summed E-state index contributed by atoms with van der Waals surface area (Å²) in [6, 6.07) is 2.64. The van der Waals surface area contributed by atoms with Gasteiger partial charge in [-0.25, -0.2) is 20.0 Å². The summed E-state index contributed by atoms with van der Waals surface area (Å²) < 4.78 is 31.2. The fourth-order valence-electron chi connectivity index (χ4n) is 8.12. The van der Waals surface area contributed by atoms with E-state index >= 15 is 0 Å². The highest BCUT2D eigenvalue weighted by Crippen LogP contribution is 2.42. The van der Waals surface area contributed by atoms with Crippen LogP contribution in [0.3, 0.4) is 0 Å². The molecule has 13 heteroatoms. The number of esters is 1. The van der Waals surface area contributed by atoms with E-state index in [9.17, 15) is 19.5 Å². The Morgan fingerprint density at radius 3 is 2.46 bits per heavy atom. The van der Waals surface area contributed by atoms with Crippen LogP contribution < -0.4 is 5.43 Å². The first-order valence-electron chi connectivity index (χ1n) is 17.8. The molecule has 3 aliphatic heterocycles. The van der Waals surface area contributed by atoms with Gasteiger partial charge < -0.3 is 33.7 Å². The number of carbonyl (C=O) groups excluding carboxylic acids is 3. The van der Waals surface area contributed by atoms with Gasteiger partial charge in [0.05, 0.1) is 17.8 Å². The topological polar surface area (TPSA) is 149 Å². The monoisotopic (exact) mass is 702 g/mol. The second-order valence-corrected chi connectivity index (χ2v) is 15.0. The van der Waals surface area contributed by atoms with E-state index in [2.05, 4.69) is 10.4 Å². The second-order valence-electron chi connectivity index (χ2n) is 15.0. The van der Waals surface area contributed by atoms with Crippen LogP contribution in [0.1, 0.15) is 80.2 Å². The van der Waals surface area contributed by atoms with Crippen LogP contribution in [0.5, 0.6) is 0 Å². The molecule has 0 bridgehead atoms. The van der Waals surface area contributed by atoms with Gasteiger partial charge in [0.1, 0.15) is 24.0 Å². The maximum absolute atomic E-state index is 14.5. The number of ketones is 1. The number of likely N-dealkylation sites (N-methyl/N-ethyl adjacent to an activating group) is 1. The minimum absolute atomic E-state index is 0.123. The highest BCUT2D eigenvalue weighted by molar-refractivity contribution is 5.88. The van der Waals surface area contributed by atoms with Crippen molar-refractivity contribution in [3.63, 3.8) is 0 Å². The maximum atomic E-state index is 14.5. The number of cyclic esters (lactones) is 1. The van der Waals surface area contributed by atoms with Gasteiger partial charge in [-0.15, -0.1) is 0 Å². The third-order valence-corrected chi connectivity index (χ3v) is 10.9. The van der Waals surface area contributed by atoms with Crippen LogP contribution in [0.2, 0.25) is 0 Å². The molecule has 2 saturated heterocycles. The molecule has 1 aromatic rings. The van der Waals surface area contributed by atoms with E-state index in [1.165, 1.54) is 5.01 Å². The number of nitrogens with zero attached hydrogens (tertiary/aromatic N) is 3. The summed E-state index contributed by atoms with van der Waals surface area (Å²) in [6.07, 6.45) is 1.91. The average Bonchev–Trinajstić information content (AvgIpc) is 3.34. The summed E-state index contributed by atoms with van der Waals surface area (Å²) in [5.41, 5.74) is 1.89. The van der Waals surface area contributed by atoms with Crippen molar-refractivity contribution in [2.24, 2.45) is 17.8 Å². The van der Waals surface area contributed by atoms with Crippen molar-refractivity contribution in [2.45, 2.75) is 135 Å². The molecule has 0 aliphatic carbocycles. The summed E-state index contributed by atoms with van der Waals surface area (Å²) in [5, 5.41) is 12.7. The first-order chi connectivity index (χ1) is 23.5. The van der Waals surface area contributed by atoms with Crippen LogP contribution in [-0.4, -0.2) is 113 Å². The average molecular weight is 703 g/mol. The molecule has 280 valence electrons. The van der Waals surface area contributed by atoms with E-state index in [-0.39, 0.29) is 30.9 Å². The number of ether oxygens (including phenoxy) is 5. The Labute approximate surface area is 297 Å². The zero-order valence-corrected chi connectivity index (χ0v) is 31.5. The maximum Gasteiger partial charge on any atom is 0.425 e. The molecule has 3 aliphatic rings. The number of fused-ring (bicyclic) bond motifs is 1. The van der Waals surface area contributed by atoms with Crippen LogP contribution >= 0.6 is 0 Å². The molecule has 4 rings (SSSR count). The van der Waals surface area contributed by atoms with Gasteiger partial charge in [0.25, 0.3) is 0 Å². The molecule has 0 aromatic carbocycles. The zero-order chi connectivity index (χ0) is 37.1. The number of aliphatic hydroxyl groups excluding tert-OH is 1. The molecule has 2 fully saturated rings. The van der Waals surface area contributed by atoms with Crippen LogP contribution in [0, 0.1) is 17.8 Å². The summed E-state index contributed by atoms with van der Waals surface area (Å²) in [5.74, 6) is -2.46. The first-order valence-corrected chi connectivity index (χ1v) is 17.8. The van der Waals surface area contributed by atoms with Crippen molar-refractivity contribution >= 4 is 17.8 Å². The molecule has 0 saturated carbocycles. The van der Waals surface area contributed by atoms with E-state index in [1.807, 2.05) is 59.7 Å². The van der Waals surface area contributed by atoms with Gasteiger partial charge in [-0.2, -0.15) is 0 Å². The lowest BCUT2D eigenvalue weighted by Crippen LogP contribution is -2.60. The van der Waals surface area contributed by atoms with Gasteiger partial charge >= 0.3 is 12.1 Å². The molecular formula is C37H58N4O9. The Bertz CT molecular complexity index is 1380. The summed E-state index contributed by atoms with van der Waals surface area (Å²) in [6.45, 7) is 14.9. The Balaban J connectivity index is 1.76. The van der Waals surface area contributed by atoms with Crippen molar-refractivity contribution in [3.8, 4) is 0 Å². The SMILES string of the molecule is CCC1OC(=O)/C(C)=C/[C@H](C)[C@@H](O[C@@H]2O[C@H](C)C[C@H](N(C)C)[C@H]2O)[C@](C)(OC)C[C@@H](C)C(=O)[C@H](C)[C@H]2N(NCc3cccnc3)C(=O)O[C@]12C. The third kappa shape index (κ3) is 8.24. The quantitative estimate of drug-likeness (QED) is 0.377. The number of hydrogen-bond acceptors (Lipinski definition) is 12. The summed E-state index contributed by atoms with van der Waals surface area (Å²) in [4.78, 5) is 48.0. The smallest absolute Gasteiger partial charge is 0.425 e. The highest BCUT2D eigenvalue weighted by atomic mass is 16.7. The van der Waals surface area contributed by atoms with Crippen LogP contribution in [0.4, 0.5) is 4.79 Å². The molecule has 1 aromatic heterocycles. The molecule has 2 N–H and O–H groups in total.